The molecule has 2 heterocycles. The van der Waals surface area contributed by atoms with Crippen molar-refractivity contribution in [2.45, 2.75) is 25.9 Å². The molecule has 112 valence electrons. The second-order valence-electron chi connectivity index (χ2n) is 5.61. The van der Waals surface area contributed by atoms with E-state index < -0.39 is 0 Å². The number of piperidine rings is 1. The highest BCUT2D eigenvalue weighted by Crippen LogP contribution is 2.31. The summed E-state index contributed by atoms with van der Waals surface area (Å²) in [5.74, 6) is 0.0851. The monoisotopic (exact) mass is 306 g/mol. The number of halogens is 1. The molecule has 1 aromatic carbocycles. The number of benzene rings is 1. The number of anilines is 1. The molecule has 2 atom stereocenters. The molecule has 1 aliphatic rings. The van der Waals surface area contributed by atoms with Gasteiger partial charge in [0.15, 0.2) is 5.13 Å². The summed E-state index contributed by atoms with van der Waals surface area (Å²) in [5.41, 5.74) is 1.82. The molecule has 2 aromatic rings. The minimum absolute atomic E-state index is 0.231. The van der Waals surface area contributed by atoms with E-state index in [9.17, 15) is 9.50 Å². The van der Waals surface area contributed by atoms with Crippen molar-refractivity contribution < 1.29 is 9.50 Å². The van der Waals surface area contributed by atoms with Crippen LogP contribution in [0.1, 0.15) is 19.8 Å². The summed E-state index contributed by atoms with van der Waals surface area (Å²) in [5, 5.41) is 12.8. The van der Waals surface area contributed by atoms with Crippen molar-refractivity contribution in [1.82, 2.24) is 4.98 Å². The Hall–Kier alpha value is -1.46. The smallest absolute Gasteiger partial charge is 0.185 e. The van der Waals surface area contributed by atoms with E-state index in [2.05, 4.69) is 9.88 Å². The van der Waals surface area contributed by atoms with Gasteiger partial charge in [-0.3, -0.25) is 0 Å². The first-order valence-corrected chi connectivity index (χ1v) is 8.16. The van der Waals surface area contributed by atoms with Crippen LogP contribution in [-0.4, -0.2) is 29.3 Å². The van der Waals surface area contributed by atoms with Crippen LogP contribution in [0.5, 0.6) is 0 Å². The van der Waals surface area contributed by atoms with Crippen LogP contribution in [0.15, 0.2) is 29.6 Å². The lowest BCUT2D eigenvalue weighted by Crippen LogP contribution is -2.39. The average Bonchev–Trinajstić information content (AvgIpc) is 2.98. The summed E-state index contributed by atoms with van der Waals surface area (Å²) in [7, 11) is 0. The Balaban J connectivity index is 1.77. The molecule has 1 N–H and O–H groups in total. The normalized spacial score (nSPS) is 20.5. The predicted octanol–water partition coefficient (Wildman–Crippen LogP) is 3.55. The molecular weight excluding hydrogens is 287 g/mol. The van der Waals surface area contributed by atoms with E-state index in [4.69, 9.17) is 0 Å². The van der Waals surface area contributed by atoms with Crippen molar-refractivity contribution >= 4 is 16.5 Å². The Bertz CT molecular complexity index is 597. The molecule has 1 aromatic heterocycles. The summed E-state index contributed by atoms with van der Waals surface area (Å²) < 4.78 is 13.0. The number of rotatable bonds is 3. The molecule has 3 nitrogen and oxygen atoms in total. The average molecular weight is 306 g/mol. The van der Waals surface area contributed by atoms with Crippen molar-refractivity contribution in [2.75, 3.05) is 18.0 Å². The fraction of sp³-hybridized carbons (Fsp3) is 0.438. The van der Waals surface area contributed by atoms with Gasteiger partial charge < -0.3 is 10.0 Å². The lowest BCUT2D eigenvalue weighted by atomic mass is 9.94. The van der Waals surface area contributed by atoms with E-state index in [1.165, 1.54) is 12.1 Å². The Morgan fingerprint density at radius 1 is 1.38 bits per heavy atom. The number of hydrogen-bond acceptors (Lipinski definition) is 4. The van der Waals surface area contributed by atoms with Gasteiger partial charge in [0, 0.05) is 30.0 Å². The highest BCUT2D eigenvalue weighted by Gasteiger charge is 2.25. The molecule has 5 heteroatoms. The predicted molar refractivity (Wildman–Crippen MR) is 84.1 cm³/mol. The van der Waals surface area contributed by atoms with Gasteiger partial charge in [0.05, 0.1) is 11.8 Å². The van der Waals surface area contributed by atoms with Gasteiger partial charge >= 0.3 is 0 Å². The summed E-state index contributed by atoms with van der Waals surface area (Å²) in [4.78, 5) is 6.92. The van der Waals surface area contributed by atoms with E-state index in [1.54, 1.807) is 23.5 Å². The number of aliphatic hydroxyl groups excluding tert-OH is 1. The second kappa shape index (κ2) is 6.12. The van der Waals surface area contributed by atoms with Gasteiger partial charge in [-0.05, 0) is 44.0 Å². The first kappa shape index (κ1) is 14.5. The van der Waals surface area contributed by atoms with Crippen LogP contribution in [0, 0.1) is 11.7 Å². The highest BCUT2D eigenvalue weighted by atomic mass is 32.1. The second-order valence-corrected chi connectivity index (χ2v) is 6.45. The number of hydrogen-bond donors (Lipinski definition) is 1. The first-order valence-electron chi connectivity index (χ1n) is 7.28. The highest BCUT2D eigenvalue weighted by molar-refractivity contribution is 7.14. The molecule has 0 amide bonds. The van der Waals surface area contributed by atoms with Crippen molar-refractivity contribution in [2.24, 2.45) is 5.92 Å². The van der Waals surface area contributed by atoms with E-state index in [0.29, 0.717) is 5.92 Å². The third-order valence-electron chi connectivity index (χ3n) is 4.04. The zero-order valence-corrected chi connectivity index (χ0v) is 12.8. The summed E-state index contributed by atoms with van der Waals surface area (Å²) in [6, 6.07) is 6.42. The topological polar surface area (TPSA) is 36.4 Å². The fourth-order valence-electron chi connectivity index (χ4n) is 2.74. The van der Waals surface area contributed by atoms with Gasteiger partial charge in [0.2, 0.25) is 0 Å². The molecule has 0 saturated carbocycles. The molecular formula is C16H19FN2OS. The minimum atomic E-state index is -0.274. The molecule has 2 unspecified atom stereocenters. The molecule has 1 fully saturated rings. The number of thiazole rings is 1. The summed E-state index contributed by atoms with van der Waals surface area (Å²) in [6.45, 7) is 3.70. The third-order valence-corrected chi connectivity index (χ3v) is 4.94. The van der Waals surface area contributed by atoms with Crippen LogP contribution < -0.4 is 4.90 Å². The zero-order chi connectivity index (χ0) is 14.8. The molecule has 3 rings (SSSR count). The summed E-state index contributed by atoms with van der Waals surface area (Å²) in [6.07, 6.45) is 1.88. The van der Waals surface area contributed by atoms with Gasteiger partial charge in [0.1, 0.15) is 5.82 Å². The maximum Gasteiger partial charge on any atom is 0.185 e. The van der Waals surface area contributed by atoms with E-state index in [0.717, 1.165) is 42.3 Å². The van der Waals surface area contributed by atoms with Crippen molar-refractivity contribution in [1.29, 1.82) is 0 Å². The van der Waals surface area contributed by atoms with Crippen LogP contribution >= 0.6 is 11.3 Å². The van der Waals surface area contributed by atoms with Crippen LogP contribution in [-0.2, 0) is 0 Å². The maximum atomic E-state index is 13.0. The Kier molecular flexibility index (Phi) is 4.22. The molecule has 1 aliphatic heterocycles. The Labute approximate surface area is 128 Å². The van der Waals surface area contributed by atoms with Gasteiger partial charge in [-0.25, -0.2) is 9.37 Å². The van der Waals surface area contributed by atoms with Crippen LogP contribution in [0.3, 0.4) is 0 Å². The quantitative estimate of drug-likeness (QED) is 0.942. The number of aromatic nitrogens is 1. The lowest BCUT2D eigenvalue weighted by Gasteiger charge is -2.33. The molecule has 0 radical (unpaired) electrons. The van der Waals surface area contributed by atoms with Gasteiger partial charge in [-0.1, -0.05) is 0 Å². The van der Waals surface area contributed by atoms with E-state index in [1.807, 2.05) is 12.3 Å². The molecule has 0 bridgehead atoms. The molecule has 21 heavy (non-hydrogen) atoms. The lowest BCUT2D eigenvalue weighted by molar-refractivity contribution is 0.115. The maximum absolute atomic E-state index is 13.0. The van der Waals surface area contributed by atoms with Gasteiger partial charge in [-0.2, -0.15) is 0 Å². The van der Waals surface area contributed by atoms with Crippen LogP contribution in [0.4, 0.5) is 9.52 Å². The molecule has 0 spiro atoms. The molecule has 0 aliphatic carbocycles. The van der Waals surface area contributed by atoms with Crippen molar-refractivity contribution in [3.63, 3.8) is 0 Å². The fourth-order valence-corrected chi connectivity index (χ4v) is 3.61. The number of nitrogens with zero attached hydrogens (tertiary/aromatic N) is 2. The molecule has 1 saturated heterocycles. The third kappa shape index (κ3) is 3.24. The zero-order valence-electron chi connectivity index (χ0n) is 12.0. The Morgan fingerprint density at radius 3 is 2.86 bits per heavy atom. The van der Waals surface area contributed by atoms with Crippen molar-refractivity contribution in [3.05, 3.63) is 35.5 Å². The minimum Gasteiger partial charge on any atom is -0.393 e. The van der Waals surface area contributed by atoms with Crippen LogP contribution in [0.25, 0.3) is 11.3 Å². The van der Waals surface area contributed by atoms with E-state index in [-0.39, 0.29) is 11.9 Å². The SMILES string of the molecule is CC(O)C1CCCN(c2nc(-c3ccc(F)cc3)cs2)C1. The largest absolute Gasteiger partial charge is 0.393 e. The van der Waals surface area contributed by atoms with Gasteiger partial charge in [-0.15, -0.1) is 11.3 Å². The van der Waals surface area contributed by atoms with Gasteiger partial charge in [0.25, 0.3) is 0 Å². The Morgan fingerprint density at radius 2 is 2.14 bits per heavy atom. The van der Waals surface area contributed by atoms with Crippen molar-refractivity contribution in [3.8, 4) is 11.3 Å². The van der Waals surface area contributed by atoms with E-state index >= 15 is 0 Å². The number of aliphatic hydroxyl groups is 1. The first-order chi connectivity index (χ1) is 10.1. The summed E-state index contributed by atoms with van der Waals surface area (Å²) >= 11 is 1.61. The van der Waals surface area contributed by atoms with Crippen LogP contribution in [0.2, 0.25) is 0 Å². The standard InChI is InChI=1S/C16H19FN2OS/c1-11(20)13-3-2-8-19(9-13)16-18-15(10-21-16)12-4-6-14(17)7-5-12/h4-7,10-11,13,20H,2-3,8-9H2,1H3.